The zero-order valence-electron chi connectivity index (χ0n) is 11.7. The summed E-state index contributed by atoms with van der Waals surface area (Å²) in [6.07, 6.45) is 1.55. The number of hydrogen-bond acceptors (Lipinski definition) is 4. The van der Waals surface area contributed by atoms with Crippen molar-refractivity contribution >= 4 is 11.6 Å². The summed E-state index contributed by atoms with van der Waals surface area (Å²) >= 11 is 0. The second kappa shape index (κ2) is 6.18. The molecule has 1 amide bonds. The minimum absolute atomic E-state index is 0.0669. The van der Waals surface area contributed by atoms with Crippen molar-refractivity contribution in [3.8, 4) is 11.4 Å². The molecule has 0 aliphatic carbocycles. The lowest BCUT2D eigenvalue weighted by molar-refractivity contribution is -0.122. The van der Waals surface area contributed by atoms with Crippen molar-refractivity contribution in [2.45, 2.75) is 20.4 Å². The fourth-order valence-corrected chi connectivity index (χ4v) is 1.70. The first kappa shape index (κ1) is 14.0. The van der Waals surface area contributed by atoms with Crippen LogP contribution in [0.4, 0.5) is 5.69 Å². The molecule has 6 nitrogen and oxygen atoms in total. The Bertz CT molecular complexity index is 591. The lowest BCUT2D eigenvalue weighted by Crippen LogP contribution is -2.30. The van der Waals surface area contributed by atoms with Crippen LogP contribution in [0.25, 0.3) is 11.4 Å². The van der Waals surface area contributed by atoms with E-state index < -0.39 is 0 Å². The van der Waals surface area contributed by atoms with E-state index in [1.165, 1.54) is 4.68 Å². The molecule has 1 aromatic heterocycles. The molecule has 6 heteroatoms. The number of benzene rings is 1. The molecule has 1 aromatic carbocycles. The highest BCUT2D eigenvalue weighted by Crippen LogP contribution is 2.16. The number of hydrogen-bond donors (Lipinski definition) is 2. The first-order valence-electron chi connectivity index (χ1n) is 6.56. The second-order valence-corrected chi connectivity index (χ2v) is 5.09. The van der Waals surface area contributed by atoms with E-state index in [1.807, 2.05) is 26.0 Å². The molecule has 0 atom stereocenters. The van der Waals surface area contributed by atoms with E-state index in [0.29, 0.717) is 24.0 Å². The molecule has 3 N–H and O–H groups in total. The normalized spacial score (nSPS) is 10.8. The zero-order chi connectivity index (χ0) is 14.5. The lowest BCUT2D eigenvalue weighted by Gasteiger charge is -2.06. The van der Waals surface area contributed by atoms with Gasteiger partial charge in [0.15, 0.2) is 5.82 Å². The maximum Gasteiger partial charge on any atom is 0.241 e. The van der Waals surface area contributed by atoms with Crippen LogP contribution in [-0.2, 0) is 11.3 Å². The summed E-state index contributed by atoms with van der Waals surface area (Å²) in [5.74, 6) is 0.925. The summed E-state index contributed by atoms with van der Waals surface area (Å²) in [5, 5.41) is 7.12. The number of amides is 1. The van der Waals surface area contributed by atoms with E-state index in [4.69, 9.17) is 5.73 Å². The van der Waals surface area contributed by atoms with Gasteiger partial charge in [0.1, 0.15) is 12.9 Å². The summed E-state index contributed by atoms with van der Waals surface area (Å²) in [4.78, 5) is 15.9. The molecular weight excluding hydrogens is 254 g/mol. The number of aromatic nitrogens is 3. The van der Waals surface area contributed by atoms with Gasteiger partial charge in [-0.15, -0.1) is 0 Å². The maximum absolute atomic E-state index is 11.7. The number of nitrogens with one attached hydrogen (secondary N) is 1. The molecule has 0 unspecified atom stereocenters. The van der Waals surface area contributed by atoms with Gasteiger partial charge in [0.25, 0.3) is 0 Å². The minimum atomic E-state index is -0.0669. The monoisotopic (exact) mass is 273 g/mol. The molecule has 0 aliphatic rings. The number of nitrogen functional groups attached to an aromatic ring is 1. The average Bonchev–Trinajstić information content (AvgIpc) is 2.85. The number of rotatable bonds is 5. The van der Waals surface area contributed by atoms with Crippen LogP contribution >= 0.6 is 0 Å². The Hall–Kier alpha value is -2.37. The Morgan fingerprint density at radius 1 is 1.45 bits per heavy atom. The van der Waals surface area contributed by atoms with Crippen molar-refractivity contribution in [2.24, 2.45) is 5.92 Å². The Morgan fingerprint density at radius 2 is 2.25 bits per heavy atom. The first-order chi connectivity index (χ1) is 9.54. The van der Waals surface area contributed by atoms with Crippen molar-refractivity contribution < 1.29 is 4.79 Å². The van der Waals surface area contributed by atoms with Gasteiger partial charge < -0.3 is 11.1 Å². The third-order valence-corrected chi connectivity index (χ3v) is 2.69. The molecule has 0 bridgehead atoms. The van der Waals surface area contributed by atoms with E-state index in [0.717, 1.165) is 5.56 Å². The SMILES string of the molecule is CC(C)CNC(=O)Cn1cnc(-c2cccc(N)c2)n1. The van der Waals surface area contributed by atoms with Crippen molar-refractivity contribution in [3.05, 3.63) is 30.6 Å². The van der Waals surface area contributed by atoms with E-state index in [9.17, 15) is 4.79 Å². The quantitative estimate of drug-likeness (QED) is 0.804. The third-order valence-electron chi connectivity index (χ3n) is 2.69. The Kier molecular flexibility index (Phi) is 4.34. The third kappa shape index (κ3) is 3.81. The Labute approximate surface area is 118 Å². The summed E-state index contributed by atoms with van der Waals surface area (Å²) in [6.45, 7) is 4.93. The highest BCUT2D eigenvalue weighted by molar-refractivity contribution is 5.75. The van der Waals surface area contributed by atoms with Crippen LogP contribution in [0.15, 0.2) is 30.6 Å². The molecule has 0 fully saturated rings. The molecule has 2 rings (SSSR count). The molecule has 20 heavy (non-hydrogen) atoms. The van der Waals surface area contributed by atoms with E-state index in [1.54, 1.807) is 18.5 Å². The van der Waals surface area contributed by atoms with Crippen molar-refractivity contribution in [2.75, 3.05) is 12.3 Å². The number of carbonyl (C=O) groups is 1. The predicted octanol–water partition coefficient (Wildman–Crippen LogP) is 1.30. The number of nitrogens with two attached hydrogens (primary N) is 1. The van der Waals surface area contributed by atoms with Crippen LogP contribution in [0.3, 0.4) is 0 Å². The van der Waals surface area contributed by atoms with Gasteiger partial charge in [-0.1, -0.05) is 26.0 Å². The highest BCUT2D eigenvalue weighted by atomic mass is 16.2. The van der Waals surface area contributed by atoms with Crippen molar-refractivity contribution in [1.82, 2.24) is 20.1 Å². The molecule has 2 aromatic rings. The summed E-state index contributed by atoms with van der Waals surface area (Å²) in [5.41, 5.74) is 7.22. The van der Waals surface area contributed by atoms with Crippen LogP contribution in [0.5, 0.6) is 0 Å². The summed E-state index contributed by atoms with van der Waals surface area (Å²) in [6, 6.07) is 7.34. The van der Waals surface area contributed by atoms with Crippen LogP contribution in [0.2, 0.25) is 0 Å². The molecule has 0 spiro atoms. The Balaban J connectivity index is 2.00. The van der Waals surface area contributed by atoms with Crippen molar-refractivity contribution in [3.63, 3.8) is 0 Å². The summed E-state index contributed by atoms with van der Waals surface area (Å²) < 4.78 is 1.52. The standard InChI is InChI=1S/C14H19N5O/c1-10(2)7-16-13(20)8-19-9-17-14(18-19)11-4-3-5-12(15)6-11/h3-6,9-10H,7-8,15H2,1-2H3,(H,16,20). The van der Waals surface area contributed by atoms with E-state index in [2.05, 4.69) is 15.4 Å². The smallest absolute Gasteiger partial charge is 0.241 e. The first-order valence-corrected chi connectivity index (χ1v) is 6.56. The molecule has 0 saturated carbocycles. The second-order valence-electron chi connectivity index (χ2n) is 5.09. The molecular formula is C14H19N5O. The van der Waals surface area contributed by atoms with Crippen LogP contribution < -0.4 is 11.1 Å². The number of anilines is 1. The van der Waals surface area contributed by atoms with E-state index >= 15 is 0 Å². The topological polar surface area (TPSA) is 85.8 Å². The fraction of sp³-hybridized carbons (Fsp3) is 0.357. The van der Waals surface area contributed by atoms with Crippen molar-refractivity contribution in [1.29, 1.82) is 0 Å². The Morgan fingerprint density at radius 3 is 2.95 bits per heavy atom. The van der Waals surface area contributed by atoms with Crippen LogP contribution in [-0.4, -0.2) is 27.2 Å². The molecule has 1 heterocycles. The molecule has 106 valence electrons. The summed E-state index contributed by atoms with van der Waals surface area (Å²) in [7, 11) is 0. The molecule has 0 aliphatic heterocycles. The van der Waals surface area contributed by atoms with Gasteiger partial charge >= 0.3 is 0 Å². The highest BCUT2D eigenvalue weighted by Gasteiger charge is 2.08. The van der Waals surface area contributed by atoms with Gasteiger partial charge in [-0.2, -0.15) is 5.10 Å². The van der Waals surface area contributed by atoms with Gasteiger partial charge in [0, 0.05) is 17.8 Å². The maximum atomic E-state index is 11.7. The minimum Gasteiger partial charge on any atom is -0.399 e. The van der Waals surface area contributed by atoms with Gasteiger partial charge in [-0.25, -0.2) is 9.67 Å². The van der Waals surface area contributed by atoms with Gasteiger partial charge in [0.05, 0.1) is 0 Å². The van der Waals surface area contributed by atoms with Crippen LogP contribution in [0, 0.1) is 5.92 Å². The number of nitrogens with zero attached hydrogens (tertiary/aromatic N) is 3. The molecule has 0 saturated heterocycles. The van der Waals surface area contributed by atoms with Gasteiger partial charge in [-0.05, 0) is 18.1 Å². The average molecular weight is 273 g/mol. The van der Waals surface area contributed by atoms with Gasteiger partial charge in [0.2, 0.25) is 5.91 Å². The predicted molar refractivity (Wildman–Crippen MR) is 77.7 cm³/mol. The fourth-order valence-electron chi connectivity index (χ4n) is 1.70. The van der Waals surface area contributed by atoms with Crippen LogP contribution in [0.1, 0.15) is 13.8 Å². The largest absolute Gasteiger partial charge is 0.399 e. The van der Waals surface area contributed by atoms with E-state index in [-0.39, 0.29) is 12.5 Å². The zero-order valence-corrected chi connectivity index (χ0v) is 11.7. The lowest BCUT2D eigenvalue weighted by atomic mass is 10.2. The molecule has 0 radical (unpaired) electrons. The van der Waals surface area contributed by atoms with Gasteiger partial charge in [-0.3, -0.25) is 4.79 Å². The number of carbonyl (C=O) groups excluding carboxylic acids is 1.